The molecule has 0 bridgehead atoms. The summed E-state index contributed by atoms with van der Waals surface area (Å²) in [7, 11) is 1.28. The van der Waals surface area contributed by atoms with Crippen molar-refractivity contribution in [3.63, 3.8) is 0 Å². The van der Waals surface area contributed by atoms with Crippen LogP contribution in [0.1, 0.15) is 5.56 Å². The minimum atomic E-state index is -0.613. The molecule has 1 N–H and O–H groups in total. The topological polar surface area (TPSA) is 59.9 Å². The normalized spacial score (nSPS) is 10.2. The van der Waals surface area contributed by atoms with Crippen molar-refractivity contribution in [3.8, 4) is 11.5 Å². The van der Waals surface area contributed by atoms with E-state index < -0.39 is 6.09 Å². The maximum absolute atomic E-state index is 10.8. The van der Waals surface area contributed by atoms with E-state index in [1.165, 1.54) is 13.3 Å². The lowest BCUT2D eigenvalue weighted by atomic mass is 10.2. The highest BCUT2D eigenvalue weighted by Gasteiger charge is 1.98. The van der Waals surface area contributed by atoms with Gasteiger partial charge in [-0.3, -0.25) is 0 Å². The van der Waals surface area contributed by atoms with E-state index in [1.807, 2.05) is 54.6 Å². The lowest BCUT2D eigenvalue weighted by molar-refractivity contribution is 0.171. The summed E-state index contributed by atoms with van der Waals surface area (Å²) in [5.74, 6) is 1.45. The highest BCUT2D eigenvalue weighted by atomic mass is 16.5. The van der Waals surface area contributed by atoms with Gasteiger partial charge < -0.3 is 9.47 Å². The van der Waals surface area contributed by atoms with Gasteiger partial charge in [0.1, 0.15) is 11.5 Å². The standard InChI is InChI=1S/C15H14N2O3/c1-19-15(18)17-16-11-12-6-5-9-14(10-12)20-13-7-3-2-4-8-13/h2-11H,1H3,(H,17,18)/b16-11-. The van der Waals surface area contributed by atoms with Gasteiger partial charge in [-0.15, -0.1) is 0 Å². The van der Waals surface area contributed by atoms with E-state index in [1.54, 1.807) is 0 Å². The molecule has 2 aromatic rings. The van der Waals surface area contributed by atoms with Gasteiger partial charge in [-0.05, 0) is 29.8 Å². The Morgan fingerprint density at radius 1 is 1.10 bits per heavy atom. The molecular formula is C15H14N2O3. The first kappa shape index (κ1) is 13.6. The van der Waals surface area contributed by atoms with Crippen LogP contribution in [0.5, 0.6) is 11.5 Å². The Morgan fingerprint density at radius 3 is 2.60 bits per heavy atom. The summed E-state index contributed by atoms with van der Waals surface area (Å²) in [6.45, 7) is 0. The second-order valence-electron chi connectivity index (χ2n) is 3.85. The van der Waals surface area contributed by atoms with E-state index >= 15 is 0 Å². The summed E-state index contributed by atoms with van der Waals surface area (Å²) in [5, 5.41) is 3.76. The van der Waals surface area contributed by atoms with Crippen LogP contribution in [0.3, 0.4) is 0 Å². The Bertz CT molecular complexity index is 597. The molecule has 20 heavy (non-hydrogen) atoms. The SMILES string of the molecule is COC(=O)N/N=C\c1cccc(Oc2ccccc2)c1. The third-order valence-corrected chi connectivity index (χ3v) is 2.39. The number of carbonyl (C=O) groups is 1. The van der Waals surface area contributed by atoms with Crippen molar-refractivity contribution in [2.45, 2.75) is 0 Å². The molecule has 0 aliphatic rings. The van der Waals surface area contributed by atoms with Crippen molar-refractivity contribution in [3.05, 3.63) is 60.2 Å². The largest absolute Gasteiger partial charge is 0.457 e. The molecule has 0 aliphatic carbocycles. The smallest absolute Gasteiger partial charge is 0.427 e. The van der Waals surface area contributed by atoms with E-state index in [2.05, 4.69) is 15.3 Å². The molecule has 1 amide bonds. The number of carbonyl (C=O) groups excluding carboxylic acids is 1. The molecular weight excluding hydrogens is 256 g/mol. The summed E-state index contributed by atoms with van der Waals surface area (Å²) >= 11 is 0. The van der Waals surface area contributed by atoms with Crippen LogP contribution < -0.4 is 10.2 Å². The number of nitrogens with zero attached hydrogens (tertiary/aromatic N) is 1. The van der Waals surface area contributed by atoms with Crippen LogP contribution >= 0.6 is 0 Å². The predicted molar refractivity (Wildman–Crippen MR) is 76.1 cm³/mol. The molecule has 0 aromatic heterocycles. The summed E-state index contributed by atoms with van der Waals surface area (Å²) in [5.41, 5.74) is 3.02. The quantitative estimate of drug-likeness (QED) is 0.685. The average Bonchev–Trinajstić information content (AvgIpc) is 2.48. The lowest BCUT2D eigenvalue weighted by Gasteiger charge is -2.05. The number of hydrogen-bond acceptors (Lipinski definition) is 4. The van der Waals surface area contributed by atoms with Crippen molar-refractivity contribution >= 4 is 12.3 Å². The fraction of sp³-hybridized carbons (Fsp3) is 0.0667. The third kappa shape index (κ3) is 4.13. The van der Waals surface area contributed by atoms with Crippen molar-refractivity contribution < 1.29 is 14.3 Å². The highest BCUT2D eigenvalue weighted by molar-refractivity contribution is 5.81. The number of methoxy groups -OCH3 is 1. The number of rotatable bonds is 4. The summed E-state index contributed by atoms with van der Waals surface area (Å²) < 4.78 is 10.1. The maximum atomic E-state index is 10.8. The molecule has 0 heterocycles. The number of ether oxygens (including phenoxy) is 2. The van der Waals surface area contributed by atoms with E-state index in [0.717, 1.165) is 11.3 Å². The predicted octanol–water partition coefficient (Wildman–Crippen LogP) is 3.17. The van der Waals surface area contributed by atoms with Crippen molar-refractivity contribution in [2.75, 3.05) is 7.11 Å². The second-order valence-corrected chi connectivity index (χ2v) is 3.85. The molecule has 0 saturated carbocycles. The highest BCUT2D eigenvalue weighted by Crippen LogP contribution is 2.21. The summed E-state index contributed by atoms with van der Waals surface area (Å²) in [6.07, 6.45) is 0.896. The van der Waals surface area contributed by atoms with Gasteiger partial charge in [0.15, 0.2) is 0 Å². The van der Waals surface area contributed by atoms with Crippen molar-refractivity contribution in [1.29, 1.82) is 0 Å². The third-order valence-electron chi connectivity index (χ3n) is 2.39. The molecule has 0 saturated heterocycles. The molecule has 0 aliphatic heterocycles. The maximum Gasteiger partial charge on any atom is 0.427 e. The zero-order chi connectivity index (χ0) is 14.2. The molecule has 0 atom stereocenters. The zero-order valence-electron chi connectivity index (χ0n) is 10.9. The molecule has 0 radical (unpaired) electrons. The van der Waals surface area contributed by atoms with Crippen LogP contribution in [0.4, 0.5) is 4.79 Å². The average molecular weight is 270 g/mol. The van der Waals surface area contributed by atoms with Gasteiger partial charge in [-0.25, -0.2) is 10.2 Å². The Morgan fingerprint density at radius 2 is 1.85 bits per heavy atom. The van der Waals surface area contributed by atoms with Crippen LogP contribution in [-0.4, -0.2) is 19.4 Å². The first-order valence-corrected chi connectivity index (χ1v) is 5.98. The monoisotopic (exact) mass is 270 g/mol. The van der Waals surface area contributed by atoms with E-state index in [9.17, 15) is 4.79 Å². The van der Waals surface area contributed by atoms with Crippen molar-refractivity contribution in [2.24, 2.45) is 5.10 Å². The van der Waals surface area contributed by atoms with Gasteiger partial charge in [0.25, 0.3) is 0 Å². The molecule has 0 spiro atoms. The van der Waals surface area contributed by atoms with Crippen LogP contribution in [-0.2, 0) is 4.74 Å². The van der Waals surface area contributed by atoms with Crippen LogP contribution in [0.2, 0.25) is 0 Å². The molecule has 0 fully saturated rings. The van der Waals surface area contributed by atoms with Gasteiger partial charge in [0.05, 0.1) is 13.3 Å². The van der Waals surface area contributed by atoms with E-state index in [0.29, 0.717) is 5.75 Å². The molecule has 2 rings (SSSR count). The Labute approximate surface area is 116 Å². The zero-order valence-corrected chi connectivity index (χ0v) is 10.9. The number of hydrogen-bond donors (Lipinski definition) is 1. The van der Waals surface area contributed by atoms with Gasteiger partial charge in [-0.1, -0.05) is 30.3 Å². The number of para-hydroxylation sites is 1. The van der Waals surface area contributed by atoms with Gasteiger partial charge >= 0.3 is 6.09 Å². The Balaban J connectivity index is 2.03. The number of hydrazone groups is 1. The summed E-state index contributed by atoms with van der Waals surface area (Å²) in [6, 6.07) is 16.8. The fourth-order valence-electron chi connectivity index (χ4n) is 1.49. The van der Waals surface area contributed by atoms with Crippen LogP contribution in [0.15, 0.2) is 59.7 Å². The molecule has 102 valence electrons. The van der Waals surface area contributed by atoms with E-state index in [-0.39, 0.29) is 0 Å². The number of nitrogens with one attached hydrogen (secondary N) is 1. The van der Waals surface area contributed by atoms with Gasteiger partial charge in [0.2, 0.25) is 0 Å². The first-order valence-electron chi connectivity index (χ1n) is 5.98. The molecule has 5 heteroatoms. The minimum absolute atomic E-state index is 0.613. The summed E-state index contributed by atoms with van der Waals surface area (Å²) in [4.78, 5) is 10.8. The van der Waals surface area contributed by atoms with Gasteiger partial charge in [-0.2, -0.15) is 5.10 Å². The van der Waals surface area contributed by atoms with Crippen LogP contribution in [0.25, 0.3) is 0 Å². The molecule has 5 nitrogen and oxygen atoms in total. The number of amides is 1. The molecule has 2 aromatic carbocycles. The number of benzene rings is 2. The first-order chi connectivity index (χ1) is 9.78. The fourth-order valence-corrected chi connectivity index (χ4v) is 1.49. The Hall–Kier alpha value is -2.82. The minimum Gasteiger partial charge on any atom is -0.457 e. The Kier molecular flexibility index (Phi) is 4.72. The van der Waals surface area contributed by atoms with E-state index in [4.69, 9.17) is 4.74 Å². The second kappa shape index (κ2) is 6.94. The molecule has 0 unspecified atom stereocenters. The van der Waals surface area contributed by atoms with Crippen LogP contribution in [0, 0.1) is 0 Å². The lowest BCUT2D eigenvalue weighted by Crippen LogP contribution is -2.16. The van der Waals surface area contributed by atoms with Crippen molar-refractivity contribution in [1.82, 2.24) is 5.43 Å². The van der Waals surface area contributed by atoms with Gasteiger partial charge in [0, 0.05) is 0 Å².